The van der Waals surface area contributed by atoms with Crippen molar-refractivity contribution in [3.8, 4) is 5.69 Å². The fourth-order valence-corrected chi connectivity index (χ4v) is 4.42. The summed E-state index contributed by atoms with van der Waals surface area (Å²) in [6.07, 6.45) is 9.13. The Labute approximate surface area is 142 Å². The number of carbonyl (C=O) groups excluding carboxylic acids is 1. The molecule has 5 heteroatoms. The van der Waals surface area contributed by atoms with Crippen molar-refractivity contribution in [3.63, 3.8) is 0 Å². The maximum atomic E-state index is 12.7. The molecule has 0 aliphatic heterocycles. The van der Waals surface area contributed by atoms with Gasteiger partial charge in [0.15, 0.2) is 0 Å². The Morgan fingerprint density at radius 2 is 1.88 bits per heavy atom. The molecule has 1 aromatic heterocycles. The second-order valence-corrected chi connectivity index (χ2v) is 7.19. The second-order valence-electron chi connectivity index (χ2n) is 7.19. The zero-order valence-electron chi connectivity index (χ0n) is 13.8. The third-order valence-electron chi connectivity index (χ3n) is 5.54. The molecule has 2 aliphatic carbocycles. The van der Waals surface area contributed by atoms with Crippen molar-refractivity contribution in [1.82, 2.24) is 15.1 Å². The molecule has 2 unspecified atom stereocenters. The third-order valence-corrected chi connectivity index (χ3v) is 5.54. The first-order chi connectivity index (χ1) is 11.7. The normalized spacial score (nSPS) is 29.2. The van der Waals surface area contributed by atoms with Crippen molar-refractivity contribution in [2.45, 2.75) is 44.2 Å². The molecule has 2 saturated carbocycles. The smallest absolute Gasteiger partial charge is 0.254 e. The molecule has 0 radical (unpaired) electrons. The number of aromatic nitrogens is 2. The summed E-state index contributed by atoms with van der Waals surface area (Å²) in [5, 5.41) is 7.60. The van der Waals surface area contributed by atoms with E-state index in [9.17, 15) is 4.79 Å². The van der Waals surface area contributed by atoms with E-state index in [2.05, 4.69) is 10.4 Å². The number of carbonyl (C=O) groups is 1. The van der Waals surface area contributed by atoms with E-state index in [0.29, 0.717) is 23.4 Å². The molecule has 5 nitrogen and oxygen atoms in total. The molecule has 3 N–H and O–H groups in total. The molecule has 2 fully saturated rings. The topological polar surface area (TPSA) is 72.9 Å². The Morgan fingerprint density at radius 3 is 2.58 bits per heavy atom. The zero-order valence-corrected chi connectivity index (χ0v) is 13.8. The number of nitrogens with one attached hydrogen (secondary N) is 1. The van der Waals surface area contributed by atoms with Gasteiger partial charge in [0.1, 0.15) is 0 Å². The summed E-state index contributed by atoms with van der Waals surface area (Å²) in [7, 11) is 0. The summed E-state index contributed by atoms with van der Waals surface area (Å²) in [6, 6.07) is 10.4. The van der Waals surface area contributed by atoms with E-state index < -0.39 is 0 Å². The van der Waals surface area contributed by atoms with Crippen molar-refractivity contribution >= 4 is 5.91 Å². The molecule has 1 aromatic carbocycles. The summed E-state index contributed by atoms with van der Waals surface area (Å²) in [4.78, 5) is 12.7. The molecule has 2 atom stereocenters. The van der Waals surface area contributed by atoms with E-state index in [1.54, 1.807) is 17.1 Å². The van der Waals surface area contributed by atoms with E-state index >= 15 is 0 Å². The lowest BCUT2D eigenvalue weighted by molar-refractivity contribution is 0.0756. The SMILES string of the molecule is NC1CC2CCCC(C1)C2NC(=O)c1cnn(-c2ccccc2)c1. The van der Waals surface area contributed by atoms with Crippen LogP contribution in [0.5, 0.6) is 0 Å². The molecule has 126 valence electrons. The fourth-order valence-electron chi connectivity index (χ4n) is 4.42. The highest BCUT2D eigenvalue weighted by molar-refractivity contribution is 5.94. The highest BCUT2D eigenvalue weighted by Crippen LogP contribution is 2.39. The minimum Gasteiger partial charge on any atom is -0.349 e. The van der Waals surface area contributed by atoms with Crippen LogP contribution < -0.4 is 11.1 Å². The van der Waals surface area contributed by atoms with Gasteiger partial charge in [-0.05, 0) is 49.7 Å². The van der Waals surface area contributed by atoms with Crippen LogP contribution in [-0.2, 0) is 0 Å². The highest BCUT2D eigenvalue weighted by atomic mass is 16.1. The van der Waals surface area contributed by atoms with Gasteiger partial charge in [-0.3, -0.25) is 4.79 Å². The summed E-state index contributed by atoms with van der Waals surface area (Å²) in [6.45, 7) is 0. The quantitative estimate of drug-likeness (QED) is 0.911. The molecule has 0 spiro atoms. The predicted octanol–water partition coefficient (Wildman–Crippen LogP) is 2.51. The van der Waals surface area contributed by atoms with Crippen molar-refractivity contribution in [1.29, 1.82) is 0 Å². The average molecular weight is 324 g/mol. The number of rotatable bonds is 3. The Morgan fingerprint density at radius 1 is 1.17 bits per heavy atom. The van der Waals surface area contributed by atoms with Crippen molar-refractivity contribution < 1.29 is 4.79 Å². The van der Waals surface area contributed by atoms with Gasteiger partial charge in [-0.1, -0.05) is 24.6 Å². The number of nitrogens with two attached hydrogens (primary N) is 1. The van der Waals surface area contributed by atoms with Crippen LogP contribution >= 0.6 is 0 Å². The molecule has 24 heavy (non-hydrogen) atoms. The number of hydrogen-bond acceptors (Lipinski definition) is 3. The molecule has 2 aromatic rings. The van der Waals surface area contributed by atoms with Crippen molar-refractivity contribution in [2.75, 3.05) is 0 Å². The number of hydrogen-bond donors (Lipinski definition) is 2. The van der Waals surface area contributed by atoms with Gasteiger partial charge in [0.2, 0.25) is 0 Å². The maximum absolute atomic E-state index is 12.7. The Kier molecular flexibility index (Phi) is 4.10. The van der Waals surface area contributed by atoms with Gasteiger partial charge in [-0.2, -0.15) is 5.10 Å². The van der Waals surface area contributed by atoms with Crippen LogP contribution in [0.3, 0.4) is 0 Å². The van der Waals surface area contributed by atoms with Gasteiger partial charge < -0.3 is 11.1 Å². The van der Waals surface area contributed by atoms with Gasteiger partial charge in [0.05, 0.1) is 17.4 Å². The summed E-state index contributed by atoms with van der Waals surface area (Å²) < 4.78 is 1.74. The van der Waals surface area contributed by atoms with Crippen molar-refractivity contribution in [3.05, 3.63) is 48.3 Å². The van der Waals surface area contributed by atoms with Crippen LogP contribution in [0.25, 0.3) is 5.69 Å². The van der Waals surface area contributed by atoms with Gasteiger partial charge in [0, 0.05) is 18.3 Å². The monoisotopic (exact) mass is 324 g/mol. The molecule has 1 amide bonds. The highest BCUT2D eigenvalue weighted by Gasteiger charge is 2.40. The molecule has 2 bridgehead atoms. The predicted molar refractivity (Wildman–Crippen MR) is 92.9 cm³/mol. The largest absolute Gasteiger partial charge is 0.349 e. The van der Waals surface area contributed by atoms with Crippen LogP contribution in [0, 0.1) is 11.8 Å². The first-order valence-electron chi connectivity index (χ1n) is 8.87. The molecule has 2 aliphatic rings. The van der Waals surface area contributed by atoms with E-state index in [-0.39, 0.29) is 11.9 Å². The second kappa shape index (κ2) is 6.40. The Bertz CT molecular complexity index is 697. The molecular weight excluding hydrogens is 300 g/mol. The minimum atomic E-state index is -0.0189. The maximum Gasteiger partial charge on any atom is 0.254 e. The lowest BCUT2D eigenvalue weighted by Crippen LogP contribution is -2.53. The lowest BCUT2D eigenvalue weighted by atomic mass is 9.67. The average Bonchev–Trinajstić information content (AvgIpc) is 3.07. The first-order valence-corrected chi connectivity index (χ1v) is 8.87. The molecule has 0 saturated heterocycles. The Balaban J connectivity index is 1.48. The van der Waals surface area contributed by atoms with Crippen LogP contribution in [0.15, 0.2) is 42.7 Å². The summed E-state index contributed by atoms with van der Waals surface area (Å²) >= 11 is 0. The first kappa shape index (κ1) is 15.4. The van der Waals surface area contributed by atoms with Crippen LogP contribution in [0.1, 0.15) is 42.5 Å². The number of benzene rings is 1. The van der Waals surface area contributed by atoms with E-state index in [0.717, 1.165) is 18.5 Å². The lowest BCUT2D eigenvalue weighted by Gasteiger charge is -2.45. The molecular formula is C19H24N4O. The van der Waals surface area contributed by atoms with Crippen molar-refractivity contribution in [2.24, 2.45) is 17.6 Å². The fraction of sp³-hybridized carbons (Fsp3) is 0.474. The number of nitrogens with zero attached hydrogens (tertiary/aromatic N) is 2. The summed E-state index contributed by atoms with van der Waals surface area (Å²) in [5.41, 5.74) is 7.74. The van der Waals surface area contributed by atoms with Gasteiger partial charge >= 0.3 is 0 Å². The van der Waals surface area contributed by atoms with Gasteiger partial charge in [-0.15, -0.1) is 0 Å². The summed E-state index contributed by atoms with van der Waals surface area (Å²) in [5.74, 6) is 1.04. The molecule has 4 rings (SSSR count). The van der Waals surface area contributed by atoms with E-state index in [1.807, 2.05) is 30.3 Å². The van der Waals surface area contributed by atoms with Crippen LogP contribution in [-0.4, -0.2) is 27.8 Å². The van der Waals surface area contributed by atoms with Gasteiger partial charge in [0.25, 0.3) is 5.91 Å². The number of fused-ring (bicyclic) bond motifs is 2. The molecule has 1 heterocycles. The van der Waals surface area contributed by atoms with Gasteiger partial charge in [-0.25, -0.2) is 4.68 Å². The Hall–Kier alpha value is -2.14. The van der Waals surface area contributed by atoms with Crippen LogP contribution in [0.2, 0.25) is 0 Å². The standard InChI is InChI=1S/C19H24N4O/c20-16-9-13-5-4-6-14(10-16)18(13)22-19(24)15-11-21-23(12-15)17-7-2-1-3-8-17/h1-3,7-8,11-14,16,18H,4-6,9-10,20H2,(H,22,24). The van der Waals surface area contributed by atoms with E-state index in [4.69, 9.17) is 5.73 Å². The van der Waals surface area contributed by atoms with E-state index in [1.165, 1.54) is 19.3 Å². The minimum absolute atomic E-state index is 0.0189. The number of para-hydroxylation sites is 1. The van der Waals surface area contributed by atoms with Crippen LogP contribution in [0.4, 0.5) is 0 Å². The third kappa shape index (κ3) is 2.96. The zero-order chi connectivity index (χ0) is 16.5. The number of amides is 1.